The smallest absolute Gasteiger partial charge is 0.433 e. The zero-order valence-corrected chi connectivity index (χ0v) is 12.2. The van der Waals surface area contributed by atoms with Gasteiger partial charge in [-0.15, -0.1) is 0 Å². The van der Waals surface area contributed by atoms with Crippen LogP contribution in [0.3, 0.4) is 0 Å². The summed E-state index contributed by atoms with van der Waals surface area (Å²) < 4.78 is 5.01. The Morgan fingerprint density at radius 3 is 2.30 bits per heavy atom. The third-order valence-corrected chi connectivity index (χ3v) is 2.87. The van der Waals surface area contributed by atoms with Crippen molar-refractivity contribution in [3.05, 3.63) is 65.7 Å². The molecule has 0 radical (unpaired) electrons. The average Bonchev–Trinajstić information content (AvgIpc) is 2.55. The van der Waals surface area contributed by atoms with Crippen LogP contribution in [0.2, 0.25) is 0 Å². The van der Waals surface area contributed by atoms with Gasteiger partial charge in [0.25, 0.3) is 5.91 Å². The van der Waals surface area contributed by atoms with E-state index in [1.807, 2.05) is 0 Å². The molecule has 0 saturated heterocycles. The van der Waals surface area contributed by atoms with Gasteiger partial charge in [-0.2, -0.15) is 0 Å². The fourth-order valence-corrected chi connectivity index (χ4v) is 1.71. The largest absolute Gasteiger partial charge is 0.478 e. The second-order valence-corrected chi connectivity index (χ2v) is 4.57. The maximum absolute atomic E-state index is 11.9. The molecule has 0 aliphatic heterocycles. The summed E-state index contributed by atoms with van der Waals surface area (Å²) in [7, 11) is 1.32. The highest BCUT2D eigenvalue weighted by Gasteiger charge is 2.15. The van der Waals surface area contributed by atoms with E-state index in [4.69, 9.17) is 9.84 Å². The van der Waals surface area contributed by atoms with E-state index in [1.54, 1.807) is 30.3 Å². The summed E-state index contributed by atoms with van der Waals surface area (Å²) in [6, 6.07) is 13.9. The molecular formula is C16H14N2O5. The molecule has 2 N–H and O–H groups in total. The second-order valence-electron chi connectivity index (χ2n) is 4.57. The fraction of sp³-hybridized carbons (Fsp3) is 0.0625. The highest BCUT2D eigenvalue weighted by Crippen LogP contribution is 2.14. The van der Waals surface area contributed by atoms with Crippen LogP contribution in [-0.4, -0.2) is 35.1 Å². The number of carbonyl (C=O) groups excluding carboxylic acids is 2. The summed E-state index contributed by atoms with van der Waals surface area (Å²) in [5.74, 6) is -1.53. The Labute approximate surface area is 132 Å². The predicted molar refractivity (Wildman–Crippen MR) is 81.1 cm³/mol. The highest BCUT2D eigenvalue weighted by molar-refractivity contribution is 5.95. The number of ether oxygens (including phenoxy) is 1. The number of hydrogen-bond acceptors (Lipinski definition) is 4. The number of hydrazine groups is 1. The molecule has 0 saturated carbocycles. The van der Waals surface area contributed by atoms with Crippen LogP contribution in [0.4, 0.5) is 4.79 Å². The lowest BCUT2D eigenvalue weighted by molar-refractivity contribution is 0.0696. The van der Waals surface area contributed by atoms with Crippen molar-refractivity contribution < 1.29 is 24.2 Å². The molecule has 2 rings (SSSR count). The SMILES string of the molecule is CN(NC(=O)c1ccccc1)C(=O)Oc1cccc(C(=O)O)c1. The normalized spacial score (nSPS) is 9.78. The van der Waals surface area contributed by atoms with Gasteiger partial charge in [-0.1, -0.05) is 24.3 Å². The van der Waals surface area contributed by atoms with Crippen LogP contribution >= 0.6 is 0 Å². The predicted octanol–water partition coefficient (Wildman–Crippen LogP) is 2.16. The molecule has 0 aromatic heterocycles. The zero-order chi connectivity index (χ0) is 16.8. The van der Waals surface area contributed by atoms with Crippen LogP contribution in [-0.2, 0) is 0 Å². The van der Waals surface area contributed by atoms with Crippen molar-refractivity contribution in [3.63, 3.8) is 0 Å². The van der Waals surface area contributed by atoms with E-state index in [9.17, 15) is 14.4 Å². The van der Waals surface area contributed by atoms with E-state index in [2.05, 4.69) is 5.43 Å². The van der Waals surface area contributed by atoms with Crippen molar-refractivity contribution in [1.82, 2.24) is 10.4 Å². The number of nitrogens with zero attached hydrogens (tertiary/aromatic N) is 1. The monoisotopic (exact) mass is 314 g/mol. The molecule has 0 unspecified atom stereocenters. The molecule has 0 spiro atoms. The van der Waals surface area contributed by atoms with E-state index in [-0.39, 0.29) is 11.3 Å². The van der Waals surface area contributed by atoms with Gasteiger partial charge in [-0.25, -0.2) is 14.6 Å². The number of carboxylic acid groups (broad SMARTS) is 1. The maximum Gasteiger partial charge on any atom is 0.433 e. The summed E-state index contributed by atoms with van der Waals surface area (Å²) in [5.41, 5.74) is 2.74. The Hall–Kier alpha value is -3.35. The minimum Gasteiger partial charge on any atom is -0.478 e. The number of benzene rings is 2. The number of amides is 2. The zero-order valence-electron chi connectivity index (χ0n) is 12.2. The highest BCUT2D eigenvalue weighted by atomic mass is 16.6. The Morgan fingerprint density at radius 2 is 1.65 bits per heavy atom. The summed E-state index contributed by atoms with van der Waals surface area (Å²) >= 11 is 0. The van der Waals surface area contributed by atoms with Gasteiger partial charge < -0.3 is 9.84 Å². The molecule has 0 heterocycles. The first-order chi connectivity index (χ1) is 11.0. The maximum atomic E-state index is 11.9. The van der Waals surface area contributed by atoms with Gasteiger partial charge >= 0.3 is 12.1 Å². The van der Waals surface area contributed by atoms with Crippen LogP contribution in [0.5, 0.6) is 5.75 Å². The standard InChI is InChI=1S/C16H14N2O5/c1-18(17-14(19)11-6-3-2-4-7-11)16(22)23-13-9-5-8-12(10-13)15(20)21/h2-10H,1H3,(H,17,19)(H,20,21). The topological polar surface area (TPSA) is 95.9 Å². The van der Waals surface area contributed by atoms with Crippen LogP contribution in [0.15, 0.2) is 54.6 Å². The lowest BCUT2D eigenvalue weighted by atomic mass is 10.2. The van der Waals surface area contributed by atoms with Crippen LogP contribution < -0.4 is 10.2 Å². The quantitative estimate of drug-likeness (QED) is 0.846. The number of carbonyl (C=O) groups is 3. The molecule has 0 bridgehead atoms. The molecule has 2 aromatic carbocycles. The molecule has 23 heavy (non-hydrogen) atoms. The molecule has 7 nitrogen and oxygen atoms in total. The molecule has 0 aliphatic carbocycles. The van der Waals surface area contributed by atoms with E-state index in [1.165, 1.54) is 31.3 Å². The lowest BCUT2D eigenvalue weighted by Crippen LogP contribution is -2.44. The van der Waals surface area contributed by atoms with Crippen LogP contribution in [0, 0.1) is 0 Å². The minimum absolute atomic E-state index is 0.00808. The second kappa shape index (κ2) is 7.08. The van der Waals surface area contributed by atoms with Gasteiger partial charge in [0, 0.05) is 12.6 Å². The third kappa shape index (κ3) is 4.31. The van der Waals surface area contributed by atoms with Crippen molar-refractivity contribution in [2.75, 3.05) is 7.05 Å². The number of rotatable bonds is 3. The summed E-state index contributed by atoms with van der Waals surface area (Å²) in [5, 5.41) is 9.77. The molecule has 2 aromatic rings. The number of hydrogen-bond donors (Lipinski definition) is 2. The van der Waals surface area contributed by atoms with E-state index in [0.717, 1.165) is 5.01 Å². The van der Waals surface area contributed by atoms with Gasteiger partial charge in [-0.05, 0) is 30.3 Å². The summed E-state index contributed by atoms with van der Waals surface area (Å²) in [6.07, 6.45) is -0.850. The van der Waals surface area contributed by atoms with Gasteiger partial charge in [0.2, 0.25) is 0 Å². The van der Waals surface area contributed by atoms with Gasteiger partial charge in [-0.3, -0.25) is 10.2 Å². The number of nitrogens with one attached hydrogen (secondary N) is 1. The van der Waals surface area contributed by atoms with Gasteiger partial charge in [0.1, 0.15) is 5.75 Å². The molecule has 7 heteroatoms. The Bertz CT molecular complexity index is 730. The first-order valence-electron chi connectivity index (χ1n) is 6.62. The lowest BCUT2D eigenvalue weighted by Gasteiger charge is -2.17. The third-order valence-electron chi connectivity index (χ3n) is 2.87. The minimum atomic E-state index is -1.13. The van der Waals surface area contributed by atoms with Crippen molar-refractivity contribution in [2.24, 2.45) is 0 Å². The van der Waals surface area contributed by atoms with E-state index < -0.39 is 18.0 Å². The Kier molecular flexibility index (Phi) is 4.93. The van der Waals surface area contributed by atoms with Crippen molar-refractivity contribution >= 4 is 18.0 Å². The molecule has 118 valence electrons. The first kappa shape index (κ1) is 16.0. The Morgan fingerprint density at radius 1 is 1.00 bits per heavy atom. The van der Waals surface area contributed by atoms with Gasteiger partial charge in [0.05, 0.1) is 5.56 Å². The number of aromatic carboxylic acids is 1. The first-order valence-corrected chi connectivity index (χ1v) is 6.62. The summed E-state index contributed by atoms with van der Waals surface area (Å²) in [6.45, 7) is 0. The molecule has 0 aliphatic rings. The van der Waals surface area contributed by atoms with E-state index in [0.29, 0.717) is 5.56 Å². The van der Waals surface area contributed by atoms with Crippen LogP contribution in [0.25, 0.3) is 0 Å². The molecule has 0 atom stereocenters. The van der Waals surface area contributed by atoms with Crippen molar-refractivity contribution in [1.29, 1.82) is 0 Å². The van der Waals surface area contributed by atoms with Crippen molar-refractivity contribution in [3.8, 4) is 5.75 Å². The summed E-state index contributed by atoms with van der Waals surface area (Å²) in [4.78, 5) is 34.7. The fourth-order valence-electron chi connectivity index (χ4n) is 1.71. The van der Waals surface area contributed by atoms with Gasteiger partial charge in [0.15, 0.2) is 0 Å². The molecular weight excluding hydrogens is 300 g/mol. The molecule has 2 amide bonds. The molecule has 0 fully saturated rings. The van der Waals surface area contributed by atoms with E-state index >= 15 is 0 Å². The number of carboxylic acids is 1. The average molecular weight is 314 g/mol. The van der Waals surface area contributed by atoms with Crippen molar-refractivity contribution in [2.45, 2.75) is 0 Å². The van der Waals surface area contributed by atoms with Crippen LogP contribution in [0.1, 0.15) is 20.7 Å². The Balaban J connectivity index is 1.99.